The first-order chi connectivity index (χ1) is 8.22. The molecule has 0 aliphatic heterocycles. The summed E-state index contributed by atoms with van der Waals surface area (Å²) in [4.78, 5) is 0. The number of hydrazine groups is 1. The Morgan fingerprint density at radius 2 is 1.82 bits per heavy atom. The van der Waals surface area contributed by atoms with Crippen LogP contribution in [0.3, 0.4) is 0 Å². The second kappa shape index (κ2) is 5.03. The minimum Gasteiger partial charge on any atom is -0.271 e. The number of nitrogens with one attached hydrogen (secondary N) is 1. The minimum atomic E-state index is -0.0506. The summed E-state index contributed by atoms with van der Waals surface area (Å²) in [5.74, 6) is 5.66. The van der Waals surface area contributed by atoms with Gasteiger partial charge in [0.25, 0.3) is 0 Å². The highest BCUT2D eigenvalue weighted by molar-refractivity contribution is 5.33. The SMILES string of the molecule is Cc1cc(C(NN)c2ccccc2)c(C)nn1. The molecule has 0 spiro atoms. The number of hydrogen-bond acceptors (Lipinski definition) is 4. The molecule has 1 aromatic heterocycles. The van der Waals surface area contributed by atoms with Crippen LogP contribution in [0.5, 0.6) is 0 Å². The monoisotopic (exact) mass is 228 g/mol. The van der Waals surface area contributed by atoms with Crippen molar-refractivity contribution in [1.29, 1.82) is 0 Å². The third-order valence-electron chi connectivity index (χ3n) is 2.75. The second-order valence-corrected chi connectivity index (χ2v) is 4.04. The first kappa shape index (κ1) is 11.7. The van der Waals surface area contributed by atoms with Crippen molar-refractivity contribution in [3.05, 3.63) is 58.9 Å². The van der Waals surface area contributed by atoms with E-state index in [1.54, 1.807) is 0 Å². The average molecular weight is 228 g/mol. The quantitative estimate of drug-likeness (QED) is 0.619. The largest absolute Gasteiger partial charge is 0.271 e. The van der Waals surface area contributed by atoms with Crippen LogP contribution in [0.4, 0.5) is 0 Å². The predicted octanol–water partition coefficient (Wildman–Crippen LogP) is 1.65. The summed E-state index contributed by atoms with van der Waals surface area (Å²) < 4.78 is 0. The van der Waals surface area contributed by atoms with Crippen molar-refractivity contribution < 1.29 is 0 Å². The van der Waals surface area contributed by atoms with Gasteiger partial charge < -0.3 is 0 Å². The fourth-order valence-corrected chi connectivity index (χ4v) is 1.87. The Bertz CT molecular complexity index is 496. The zero-order chi connectivity index (χ0) is 12.3. The molecular formula is C13H16N4. The second-order valence-electron chi connectivity index (χ2n) is 4.04. The summed E-state index contributed by atoms with van der Waals surface area (Å²) in [5, 5.41) is 8.16. The Kier molecular flexibility index (Phi) is 3.46. The van der Waals surface area contributed by atoms with E-state index in [9.17, 15) is 0 Å². The topological polar surface area (TPSA) is 63.8 Å². The first-order valence-electron chi connectivity index (χ1n) is 5.54. The van der Waals surface area contributed by atoms with Gasteiger partial charge in [-0.1, -0.05) is 30.3 Å². The molecule has 2 aromatic rings. The Morgan fingerprint density at radius 3 is 2.47 bits per heavy atom. The number of aryl methyl sites for hydroxylation is 2. The van der Waals surface area contributed by atoms with Gasteiger partial charge in [0.2, 0.25) is 0 Å². The first-order valence-corrected chi connectivity index (χ1v) is 5.54. The Balaban J connectivity index is 2.46. The summed E-state index contributed by atoms with van der Waals surface area (Å²) in [6.45, 7) is 3.86. The summed E-state index contributed by atoms with van der Waals surface area (Å²) in [5.41, 5.74) is 6.79. The van der Waals surface area contributed by atoms with Crippen LogP contribution in [0.1, 0.15) is 28.6 Å². The van der Waals surface area contributed by atoms with E-state index < -0.39 is 0 Å². The molecule has 0 fully saturated rings. The van der Waals surface area contributed by atoms with Crippen LogP contribution in [0.2, 0.25) is 0 Å². The molecule has 0 aliphatic rings. The van der Waals surface area contributed by atoms with Crippen molar-refractivity contribution in [3.63, 3.8) is 0 Å². The van der Waals surface area contributed by atoms with Gasteiger partial charge in [0.05, 0.1) is 17.4 Å². The number of rotatable bonds is 3. The van der Waals surface area contributed by atoms with E-state index in [1.165, 1.54) is 0 Å². The molecule has 1 unspecified atom stereocenters. The number of nitrogens with zero attached hydrogens (tertiary/aromatic N) is 2. The average Bonchev–Trinajstić information content (AvgIpc) is 2.36. The Labute approximate surface area is 101 Å². The van der Waals surface area contributed by atoms with E-state index in [4.69, 9.17) is 5.84 Å². The van der Waals surface area contributed by atoms with Crippen molar-refractivity contribution >= 4 is 0 Å². The fourth-order valence-electron chi connectivity index (χ4n) is 1.87. The van der Waals surface area contributed by atoms with E-state index >= 15 is 0 Å². The van der Waals surface area contributed by atoms with Gasteiger partial charge in [-0.25, -0.2) is 5.43 Å². The van der Waals surface area contributed by atoms with Crippen LogP contribution in [0, 0.1) is 13.8 Å². The number of hydrogen-bond donors (Lipinski definition) is 2. The maximum atomic E-state index is 5.66. The van der Waals surface area contributed by atoms with Crippen molar-refractivity contribution in [2.75, 3.05) is 0 Å². The summed E-state index contributed by atoms with van der Waals surface area (Å²) in [7, 11) is 0. The van der Waals surface area contributed by atoms with E-state index in [0.717, 1.165) is 22.5 Å². The van der Waals surface area contributed by atoms with E-state index in [1.807, 2.05) is 50.2 Å². The normalized spacial score (nSPS) is 12.4. The zero-order valence-corrected chi connectivity index (χ0v) is 10.0. The lowest BCUT2D eigenvalue weighted by molar-refractivity contribution is 0.626. The van der Waals surface area contributed by atoms with Gasteiger partial charge in [0, 0.05) is 0 Å². The maximum absolute atomic E-state index is 5.66. The lowest BCUT2D eigenvalue weighted by Gasteiger charge is -2.18. The lowest BCUT2D eigenvalue weighted by Crippen LogP contribution is -2.29. The molecular weight excluding hydrogens is 212 g/mol. The summed E-state index contributed by atoms with van der Waals surface area (Å²) >= 11 is 0. The van der Waals surface area contributed by atoms with Crippen molar-refractivity contribution in [2.24, 2.45) is 5.84 Å². The van der Waals surface area contributed by atoms with E-state index in [0.29, 0.717) is 0 Å². The van der Waals surface area contributed by atoms with Crippen molar-refractivity contribution in [2.45, 2.75) is 19.9 Å². The van der Waals surface area contributed by atoms with Gasteiger partial charge in [-0.15, -0.1) is 0 Å². The molecule has 0 saturated carbocycles. The molecule has 0 bridgehead atoms. The highest BCUT2D eigenvalue weighted by Crippen LogP contribution is 2.22. The summed E-state index contributed by atoms with van der Waals surface area (Å²) in [6, 6.07) is 12.0. The van der Waals surface area contributed by atoms with Crippen molar-refractivity contribution in [3.8, 4) is 0 Å². The van der Waals surface area contributed by atoms with Crippen LogP contribution in [-0.4, -0.2) is 10.2 Å². The molecule has 0 amide bonds. The fraction of sp³-hybridized carbons (Fsp3) is 0.231. The Morgan fingerprint density at radius 1 is 1.12 bits per heavy atom. The number of benzene rings is 1. The third-order valence-corrected chi connectivity index (χ3v) is 2.75. The molecule has 88 valence electrons. The van der Waals surface area contributed by atoms with Gasteiger partial charge >= 0.3 is 0 Å². The Hall–Kier alpha value is -1.78. The molecule has 1 atom stereocenters. The molecule has 4 heteroatoms. The smallest absolute Gasteiger partial charge is 0.0729 e. The molecule has 0 saturated heterocycles. The van der Waals surface area contributed by atoms with Crippen LogP contribution in [0.15, 0.2) is 36.4 Å². The highest BCUT2D eigenvalue weighted by Gasteiger charge is 2.15. The molecule has 3 N–H and O–H groups in total. The van der Waals surface area contributed by atoms with E-state index in [2.05, 4.69) is 15.6 Å². The van der Waals surface area contributed by atoms with Crippen molar-refractivity contribution in [1.82, 2.24) is 15.6 Å². The van der Waals surface area contributed by atoms with Crippen LogP contribution >= 0.6 is 0 Å². The van der Waals surface area contributed by atoms with Crippen LogP contribution in [-0.2, 0) is 0 Å². The standard InChI is InChI=1S/C13H16N4/c1-9-8-12(10(2)17-16-9)13(15-14)11-6-4-3-5-7-11/h3-8,13,15H,14H2,1-2H3. The molecule has 1 heterocycles. The predicted molar refractivity (Wildman–Crippen MR) is 67.1 cm³/mol. The van der Waals surface area contributed by atoms with Gasteiger partial charge in [-0.05, 0) is 31.0 Å². The molecule has 17 heavy (non-hydrogen) atoms. The lowest BCUT2D eigenvalue weighted by atomic mass is 9.98. The van der Waals surface area contributed by atoms with Crippen LogP contribution < -0.4 is 11.3 Å². The highest BCUT2D eigenvalue weighted by atomic mass is 15.2. The molecule has 4 nitrogen and oxygen atoms in total. The molecule has 1 aromatic carbocycles. The molecule has 0 aliphatic carbocycles. The molecule has 2 rings (SSSR count). The van der Waals surface area contributed by atoms with Gasteiger partial charge in [0.1, 0.15) is 0 Å². The van der Waals surface area contributed by atoms with Gasteiger partial charge in [-0.2, -0.15) is 10.2 Å². The minimum absolute atomic E-state index is 0.0506. The summed E-state index contributed by atoms with van der Waals surface area (Å²) in [6.07, 6.45) is 0. The number of aromatic nitrogens is 2. The third kappa shape index (κ3) is 2.49. The van der Waals surface area contributed by atoms with Gasteiger partial charge in [-0.3, -0.25) is 5.84 Å². The maximum Gasteiger partial charge on any atom is 0.0729 e. The van der Waals surface area contributed by atoms with Crippen LogP contribution in [0.25, 0.3) is 0 Å². The zero-order valence-electron chi connectivity index (χ0n) is 10.0. The van der Waals surface area contributed by atoms with E-state index in [-0.39, 0.29) is 6.04 Å². The molecule has 0 radical (unpaired) electrons. The van der Waals surface area contributed by atoms with Gasteiger partial charge in [0.15, 0.2) is 0 Å². The number of nitrogens with two attached hydrogens (primary N) is 1.